The second-order valence-corrected chi connectivity index (χ2v) is 36.2. The minimum Gasteiger partial charge on any atom is -0.396 e. The van der Waals surface area contributed by atoms with E-state index < -0.39 is 58.0 Å². The molecule has 0 aliphatic heterocycles. The normalized spacial score (nSPS) is 12.6. The Kier molecular flexibility index (Phi) is 51.8. The van der Waals surface area contributed by atoms with Crippen molar-refractivity contribution in [2.75, 3.05) is 90.2 Å². The van der Waals surface area contributed by atoms with Crippen LogP contribution in [0.1, 0.15) is 6.42 Å². The highest BCUT2D eigenvalue weighted by molar-refractivity contribution is 8.78. The van der Waals surface area contributed by atoms with Crippen molar-refractivity contribution in [1.29, 1.82) is 0 Å². The van der Waals surface area contributed by atoms with Gasteiger partial charge in [0.05, 0.1) is 31.1 Å². The summed E-state index contributed by atoms with van der Waals surface area (Å²) in [5, 5.41) is 12.2. The molecule has 25 heteroatoms. The molecule has 2 rings (SSSR count). The van der Waals surface area contributed by atoms with Crippen LogP contribution in [0.4, 0.5) is 0 Å². The standard InChI is InChI=1S/C17H21NO4S4.2C9H14OS3.C6H10OS2.C4H10O3S2/c1-18(2)15(13-23-25(19,20)16-9-5-3-6-10-16)14-24-26(21,22)17-11-7-4-8-12-17;2*1-3-6-11-12-7-5-9-13(10)8-4-2;1-3-5-8-9(7)6-4-2;1-8-9(6,7)4-2-3-5/h3-12,15H,13-14H2,1-2H3;2*3-5,7H,1-2,6,8-9H2;3-4H,1-2,5-6H2;5H,2-4H2,1H3/b;7-5+;7-5-;;. The van der Waals surface area contributed by atoms with Crippen LogP contribution < -0.4 is 0 Å². The molecule has 2 aromatic rings. The molecule has 0 fully saturated rings. The molecular weight excluding hydrogens is 1160 g/mol. The van der Waals surface area contributed by atoms with Gasteiger partial charge in [0.2, 0.25) is 26.6 Å². The number of rotatable bonds is 34. The second kappa shape index (κ2) is 49.3. The minimum absolute atomic E-state index is 0.0558. The van der Waals surface area contributed by atoms with Crippen LogP contribution in [-0.2, 0) is 58.0 Å². The zero-order chi connectivity index (χ0) is 53.5. The third kappa shape index (κ3) is 46.0. The first-order valence-electron chi connectivity index (χ1n) is 20.5. The maximum atomic E-state index is 12.4. The fourth-order valence-corrected chi connectivity index (χ4v) is 17.9. The third-order valence-electron chi connectivity index (χ3n) is 6.99. The van der Waals surface area contributed by atoms with Gasteiger partial charge in [-0.3, -0.25) is 8.42 Å². The van der Waals surface area contributed by atoms with Crippen LogP contribution in [0, 0.1) is 0 Å². The summed E-state index contributed by atoms with van der Waals surface area (Å²) in [5.74, 6) is 6.22. The van der Waals surface area contributed by atoms with Gasteiger partial charge < -0.3 is 10.0 Å². The maximum Gasteiger partial charge on any atom is 0.230 e. The Hall–Kier alpha value is -0.620. The predicted molar refractivity (Wildman–Crippen MR) is 329 cm³/mol. The Bertz CT molecular complexity index is 2070. The van der Waals surface area contributed by atoms with E-state index in [-0.39, 0.29) is 39.7 Å². The average Bonchev–Trinajstić information content (AvgIpc) is 3.34. The molecule has 0 amide bonds. The smallest absolute Gasteiger partial charge is 0.230 e. The molecule has 0 saturated carbocycles. The van der Waals surface area contributed by atoms with Crippen molar-refractivity contribution in [3.8, 4) is 0 Å². The fourth-order valence-electron chi connectivity index (χ4n) is 3.61. The van der Waals surface area contributed by atoms with Gasteiger partial charge in [-0.1, -0.05) is 139 Å². The van der Waals surface area contributed by atoms with Crippen molar-refractivity contribution in [1.82, 2.24) is 4.90 Å². The van der Waals surface area contributed by atoms with E-state index in [1.165, 1.54) is 17.0 Å². The molecule has 1 N–H and O–H groups in total. The fraction of sp³-hybridized carbons (Fsp3) is 0.378. The zero-order valence-electron chi connectivity index (χ0n) is 39.8. The predicted octanol–water partition coefficient (Wildman–Crippen LogP) is 11.0. The summed E-state index contributed by atoms with van der Waals surface area (Å²) in [6.45, 7) is 21.2. The number of nitrogens with zero attached hydrogens (tertiary/aromatic N) is 1. The van der Waals surface area contributed by atoms with Crippen molar-refractivity contribution in [2.45, 2.75) is 22.3 Å². The lowest BCUT2D eigenvalue weighted by Crippen LogP contribution is -2.33. The van der Waals surface area contributed by atoms with E-state index in [1.807, 2.05) is 54.1 Å². The average molecular weight is 1230 g/mol. The molecule has 0 saturated heterocycles. The van der Waals surface area contributed by atoms with Gasteiger partial charge in [-0.15, -0.1) is 39.5 Å². The Labute approximate surface area is 459 Å². The Morgan fingerprint density at radius 2 is 1.00 bits per heavy atom. The van der Waals surface area contributed by atoms with Gasteiger partial charge in [0.15, 0.2) is 0 Å². The van der Waals surface area contributed by atoms with Crippen molar-refractivity contribution in [3.05, 3.63) is 160 Å². The largest absolute Gasteiger partial charge is 0.396 e. The second-order valence-electron chi connectivity index (χ2n) is 12.8. The van der Waals surface area contributed by atoms with Gasteiger partial charge in [0, 0.05) is 86.0 Å². The topological polar surface area (TPSA) is 177 Å². The van der Waals surface area contributed by atoms with E-state index in [9.17, 15) is 37.9 Å². The maximum absolute atomic E-state index is 12.4. The van der Waals surface area contributed by atoms with E-state index in [4.69, 9.17) is 5.11 Å². The Morgan fingerprint density at radius 1 is 0.600 bits per heavy atom. The molecule has 3 atom stereocenters. The summed E-state index contributed by atoms with van der Waals surface area (Å²) in [6.07, 6.45) is 16.2. The Morgan fingerprint density at radius 3 is 1.33 bits per heavy atom. The van der Waals surface area contributed by atoms with Crippen molar-refractivity contribution < 1.29 is 43.0 Å². The van der Waals surface area contributed by atoms with Crippen LogP contribution in [0.2, 0.25) is 0 Å². The van der Waals surface area contributed by atoms with Crippen LogP contribution in [0.5, 0.6) is 0 Å². The first kappa shape index (κ1) is 73.6. The SMILES string of the molecule is C=CCSS(=O)CC=C.C=CCSS/C=C/CS(=O)CC=C.C=CCSS/C=C\CS(=O)CC=C.CN(C)C(CSS(=O)(=O)c1ccccc1)CSS(=O)(=O)c1ccccc1.CSS(=O)(=O)CCCO. The van der Waals surface area contributed by atoms with Gasteiger partial charge in [0.1, 0.15) is 0 Å². The zero-order valence-corrected chi connectivity index (χ0v) is 51.3. The van der Waals surface area contributed by atoms with Gasteiger partial charge in [-0.2, -0.15) is 0 Å². The third-order valence-corrected chi connectivity index (χ3v) is 26.5. The molecule has 398 valence electrons. The summed E-state index contributed by atoms with van der Waals surface area (Å²) in [5.41, 5.74) is 0. The van der Waals surface area contributed by atoms with E-state index in [0.29, 0.717) is 35.2 Å². The molecule has 0 aliphatic rings. The number of benzene rings is 2. The van der Waals surface area contributed by atoms with Gasteiger partial charge in [-0.05, 0) is 94.2 Å². The number of aliphatic hydroxyl groups excluding tert-OH is 1. The summed E-state index contributed by atoms with van der Waals surface area (Å²) in [4.78, 5) is 2.36. The summed E-state index contributed by atoms with van der Waals surface area (Å²) < 4.78 is 104. The van der Waals surface area contributed by atoms with Crippen LogP contribution >= 0.6 is 86.4 Å². The van der Waals surface area contributed by atoms with Crippen LogP contribution in [-0.4, -0.2) is 144 Å². The molecule has 11 nitrogen and oxygen atoms in total. The first-order valence-corrected chi connectivity index (χ1v) is 40.4. The molecule has 0 aliphatic carbocycles. The Balaban J connectivity index is -0.000000869. The summed E-state index contributed by atoms with van der Waals surface area (Å²) in [7, 11) is 2.03. The highest BCUT2D eigenvalue weighted by atomic mass is 33.2. The molecule has 3 unspecified atom stereocenters. The lowest BCUT2D eigenvalue weighted by Gasteiger charge is -2.23. The molecule has 2 aromatic carbocycles. The van der Waals surface area contributed by atoms with E-state index in [2.05, 4.69) is 39.5 Å². The van der Waals surface area contributed by atoms with Crippen molar-refractivity contribution in [3.63, 3.8) is 0 Å². The molecule has 0 heterocycles. The van der Waals surface area contributed by atoms with Crippen LogP contribution in [0.3, 0.4) is 0 Å². The van der Waals surface area contributed by atoms with Gasteiger partial charge >= 0.3 is 0 Å². The van der Waals surface area contributed by atoms with E-state index in [0.717, 1.165) is 49.6 Å². The van der Waals surface area contributed by atoms with E-state index in [1.54, 1.807) is 128 Å². The lowest BCUT2D eigenvalue weighted by molar-refractivity contribution is 0.295. The lowest BCUT2D eigenvalue weighted by atomic mass is 10.4. The molecule has 0 spiro atoms. The van der Waals surface area contributed by atoms with Gasteiger partial charge in [0.25, 0.3) is 0 Å². The number of aliphatic hydroxyl groups is 1. The van der Waals surface area contributed by atoms with Crippen LogP contribution in [0.25, 0.3) is 0 Å². The minimum atomic E-state index is -3.46. The first-order chi connectivity index (χ1) is 33.3. The monoisotopic (exact) mass is 1230 g/mol. The quantitative estimate of drug-likeness (QED) is 0.0397. The van der Waals surface area contributed by atoms with Crippen molar-refractivity contribution >= 4 is 144 Å². The molecule has 0 bridgehead atoms. The summed E-state index contributed by atoms with van der Waals surface area (Å²) in [6, 6.07) is 16.3. The highest BCUT2D eigenvalue weighted by Gasteiger charge is 2.23. The summed E-state index contributed by atoms with van der Waals surface area (Å²) >= 11 is 0. The molecule has 0 radical (unpaired) electrons. The molecule has 70 heavy (non-hydrogen) atoms. The van der Waals surface area contributed by atoms with E-state index >= 15 is 0 Å². The highest BCUT2D eigenvalue weighted by Crippen LogP contribution is 2.29. The van der Waals surface area contributed by atoms with Crippen molar-refractivity contribution in [2.24, 2.45) is 0 Å². The van der Waals surface area contributed by atoms with Crippen LogP contribution in [0.15, 0.2) is 169 Å². The van der Waals surface area contributed by atoms with Gasteiger partial charge in [-0.25, -0.2) is 29.5 Å². The number of hydrogen-bond acceptors (Lipinski definition) is 19. The number of hydrogen-bond donors (Lipinski definition) is 1. The molecular formula is C45H69NO10S14. The molecule has 0 aromatic heterocycles.